The summed E-state index contributed by atoms with van der Waals surface area (Å²) in [5.74, 6) is 1.07. The Balaban J connectivity index is 1.94. The van der Waals surface area contributed by atoms with Gasteiger partial charge in [-0.15, -0.1) is 0 Å². The summed E-state index contributed by atoms with van der Waals surface area (Å²) in [6.07, 6.45) is 2.65. The van der Waals surface area contributed by atoms with Crippen molar-refractivity contribution in [3.8, 4) is 0 Å². The maximum Gasteiger partial charge on any atom is 0.111 e. The first-order chi connectivity index (χ1) is 9.79. The minimum Gasteiger partial charge on any atom is -0.331 e. The Bertz CT molecular complexity index is 703. The van der Waals surface area contributed by atoms with Crippen LogP contribution in [0.5, 0.6) is 0 Å². The highest BCUT2D eigenvalue weighted by Gasteiger charge is 2.15. The molecular formula is C16H18N4. The number of nitrogens with one attached hydrogen (secondary N) is 1. The van der Waals surface area contributed by atoms with Gasteiger partial charge in [-0.2, -0.15) is 0 Å². The zero-order chi connectivity index (χ0) is 13.9. The second-order valence-corrected chi connectivity index (χ2v) is 4.88. The molecule has 3 rings (SSSR count). The van der Waals surface area contributed by atoms with Crippen molar-refractivity contribution >= 4 is 11.0 Å². The van der Waals surface area contributed by atoms with E-state index in [9.17, 15) is 0 Å². The molecule has 102 valence electrons. The van der Waals surface area contributed by atoms with E-state index in [1.807, 2.05) is 49.6 Å². The predicted molar refractivity (Wildman–Crippen MR) is 80.5 cm³/mol. The molecule has 0 saturated heterocycles. The first-order valence-electron chi connectivity index (χ1n) is 6.78. The molecule has 20 heavy (non-hydrogen) atoms. The number of hydrogen-bond acceptors (Lipinski definition) is 3. The molecule has 1 atom stereocenters. The minimum absolute atomic E-state index is 0.173. The molecule has 4 nitrogen and oxygen atoms in total. The van der Waals surface area contributed by atoms with Gasteiger partial charge in [-0.3, -0.25) is 4.98 Å². The van der Waals surface area contributed by atoms with E-state index < -0.39 is 0 Å². The van der Waals surface area contributed by atoms with Crippen LogP contribution in [0.3, 0.4) is 0 Å². The van der Waals surface area contributed by atoms with Crippen molar-refractivity contribution in [2.45, 2.75) is 12.5 Å². The summed E-state index contributed by atoms with van der Waals surface area (Å²) in [5.41, 5.74) is 3.25. The average molecular weight is 266 g/mol. The molecule has 0 aliphatic heterocycles. The third-order valence-electron chi connectivity index (χ3n) is 3.66. The van der Waals surface area contributed by atoms with Gasteiger partial charge in [0, 0.05) is 19.7 Å². The Kier molecular flexibility index (Phi) is 3.48. The predicted octanol–water partition coefficient (Wildman–Crippen LogP) is 2.47. The van der Waals surface area contributed by atoms with Gasteiger partial charge in [0.2, 0.25) is 0 Å². The lowest BCUT2D eigenvalue weighted by molar-refractivity contribution is 0.552. The van der Waals surface area contributed by atoms with Crippen molar-refractivity contribution in [2.75, 3.05) is 7.05 Å². The largest absolute Gasteiger partial charge is 0.331 e. The third-order valence-corrected chi connectivity index (χ3v) is 3.66. The van der Waals surface area contributed by atoms with Crippen molar-refractivity contribution in [1.29, 1.82) is 0 Å². The van der Waals surface area contributed by atoms with Gasteiger partial charge in [-0.05, 0) is 31.3 Å². The van der Waals surface area contributed by atoms with E-state index in [2.05, 4.69) is 28.0 Å². The van der Waals surface area contributed by atoms with Gasteiger partial charge in [0.25, 0.3) is 0 Å². The van der Waals surface area contributed by atoms with Gasteiger partial charge in [0.15, 0.2) is 0 Å². The number of para-hydroxylation sites is 2. The monoisotopic (exact) mass is 266 g/mol. The number of likely N-dealkylation sites (N-methyl/N-ethyl adjacent to an activating group) is 1. The maximum absolute atomic E-state index is 4.72. The number of imidazole rings is 1. The van der Waals surface area contributed by atoms with E-state index in [1.54, 1.807) is 0 Å². The lowest BCUT2D eigenvalue weighted by Gasteiger charge is -2.15. The Hall–Kier alpha value is -2.20. The van der Waals surface area contributed by atoms with Gasteiger partial charge in [0.1, 0.15) is 5.82 Å². The van der Waals surface area contributed by atoms with E-state index in [0.29, 0.717) is 0 Å². The Morgan fingerprint density at radius 3 is 2.65 bits per heavy atom. The molecule has 0 aliphatic carbocycles. The molecule has 1 unspecified atom stereocenters. The number of aryl methyl sites for hydroxylation is 1. The normalized spacial score (nSPS) is 12.7. The summed E-state index contributed by atoms with van der Waals surface area (Å²) >= 11 is 0. The molecule has 2 heterocycles. The highest BCUT2D eigenvalue weighted by molar-refractivity contribution is 5.75. The van der Waals surface area contributed by atoms with Gasteiger partial charge in [0.05, 0.1) is 22.8 Å². The van der Waals surface area contributed by atoms with Gasteiger partial charge >= 0.3 is 0 Å². The lowest BCUT2D eigenvalue weighted by atomic mass is 10.1. The summed E-state index contributed by atoms with van der Waals surface area (Å²) in [6, 6.07) is 14.4. The van der Waals surface area contributed by atoms with Crippen molar-refractivity contribution in [1.82, 2.24) is 19.9 Å². The molecule has 3 aromatic rings. The zero-order valence-corrected chi connectivity index (χ0v) is 11.7. The van der Waals surface area contributed by atoms with Gasteiger partial charge in [-0.1, -0.05) is 18.2 Å². The van der Waals surface area contributed by atoms with Gasteiger partial charge < -0.3 is 9.88 Å². The van der Waals surface area contributed by atoms with Crippen LogP contribution in [0.4, 0.5) is 0 Å². The second kappa shape index (κ2) is 5.43. The maximum atomic E-state index is 4.72. The SMILES string of the molecule is CNC(Cc1nc2ccccc2n1C)c1ccccn1. The van der Waals surface area contributed by atoms with Crippen LogP contribution in [0.1, 0.15) is 17.6 Å². The summed E-state index contributed by atoms with van der Waals surface area (Å²) < 4.78 is 2.16. The van der Waals surface area contributed by atoms with Crippen LogP contribution >= 0.6 is 0 Å². The number of pyridine rings is 1. The lowest BCUT2D eigenvalue weighted by Crippen LogP contribution is -2.21. The number of rotatable bonds is 4. The first-order valence-corrected chi connectivity index (χ1v) is 6.78. The molecule has 0 bridgehead atoms. The van der Waals surface area contributed by atoms with Crippen molar-refractivity contribution in [2.24, 2.45) is 7.05 Å². The Labute approximate surface area is 118 Å². The number of aromatic nitrogens is 3. The zero-order valence-electron chi connectivity index (χ0n) is 11.7. The third kappa shape index (κ3) is 2.30. The second-order valence-electron chi connectivity index (χ2n) is 4.88. The van der Waals surface area contributed by atoms with Crippen LogP contribution in [-0.4, -0.2) is 21.6 Å². The molecule has 1 N–H and O–H groups in total. The summed E-state index contributed by atoms with van der Waals surface area (Å²) in [7, 11) is 4.03. The Morgan fingerprint density at radius 2 is 1.95 bits per heavy atom. The molecule has 4 heteroatoms. The van der Waals surface area contributed by atoms with E-state index in [-0.39, 0.29) is 6.04 Å². The van der Waals surface area contributed by atoms with E-state index in [0.717, 1.165) is 23.5 Å². The van der Waals surface area contributed by atoms with Crippen molar-refractivity contribution in [3.63, 3.8) is 0 Å². The molecule has 1 aromatic carbocycles. The number of hydrogen-bond donors (Lipinski definition) is 1. The molecule has 2 aromatic heterocycles. The van der Waals surface area contributed by atoms with E-state index >= 15 is 0 Å². The molecule has 0 spiro atoms. The number of fused-ring (bicyclic) bond motifs is 1. The smallest absolute Gasteiger partial charge is 0.111 e. The first kappa shape index (κ1) is 12.8. The number of nitrogens with zero attached hydrogens (tertiary/aromatic N) is 3. The quantitative estimate of drug-likeness (QED) is 0.789. The van der Waals surface area contributed by atoms with E-state index in [1.165, 1.54) is 5.52 Å². The molecule has 0 fully saturated rings. The fourth-order valence-corrected chi connectivity index (χ4v) is 2.50. The average Bonchev–Trinajstić information content (AvgIpc) is 2.82. The topological polar surface area (TPSA) is 42.7 Å². The van der Waals surface area contributed by atoms with Crippen LogP contribution in [0.25, 0.3) is 11.0 Å². The van der Waals surface area contributed by atoms with E-state index in [4.69, 9.17) is 4.98 Å². The highest BCUT2D eigenvalue weighted by atomic mass is 15.1. The fourth-order valence-electron chi connectivity index (χ4n) is 2.50. The van der Waals surface area contributed by atoms with Gasteiger partial charge in [-0.25, -0.2) is 4.98 Å². The van der Waals surface area contributed by atoms with Crippen LogP contribution in [0.15, 0.2) is 48.7 Å². The molecule has 0 radical (unpaired) electrons. The minimum atomic E-state index is 0.173. The molecule has 0 aliphatic rings. The highest BCUT2D eigenvalue weighted by Crippen LogP contribution is 2.19. The molecule has 0 saturated carbocycles. The van der Waals surface area contributed by atoms with Crippen molar-refractivity contribution < 1.29 is 0 Å². The van der Waals surface area contributed by atoms with Crippen LogP contribution in [0, 0.1) is 0 Å². The standard InChI is InChI=1S/C16H18N4/c1-17-14(12-7-5-6-10-18-12)11-16-19-13-8-3-4-9-15(13)20(16)2/h3-10,14,17H,11H2,1-2H3. The van der Waals surface area contributed by atoms with Crippen molar-refractivity contribution in [3.05, 3.63) is 60.2 Å². The van der Waals surface area contributed by atoms with Crippen LogP contribution in [-0.2, 0) is 13.5 Å². The van der Waals surface area contributed by atoms with Crippen LogP contribution < -0.4 is 5.32 Å². The molecule has 0 amide bonds. The summed E-state index contributed by atoms with van der Waals surface area (Å²) in [4.78, 5) is 9.15. The fraction of sp³-hybridized carbons (Fsp3) is 0.250. The van der Waals surface area contributed by atoms with Crippen LogP contribution in [0.2, 0.25) is 0 Å². The molecular weight excluding hydrogens is 248 g/mol. The number of benzene rings is 1. The Morgan fingerprint density at radius 1 is 1.15 bits per heavy atom. The summed E-state index contributed by atoms with van der Waals surface area (Å²) in [5, 5.41) is 3.32. The summed E-state index contributed by atoms with van der Waals surface area (Å²) in [6.45, 7) is 0.